The molecule has 0 saturated heterocycles. The average Bonchev–Trinajstić information content (AvgIpc) is 3.01. The fourth-order valence-corrected chi connectivity index (χ4v) is 3.74. The van der Waals surface area contributed by atoms with Gasteiger partial charge in [-0.15, -0.1) is 0 Å². The van der Waals surface area contributed by atoms with Gasteiger partial charge in [-0.25, -0.2) is 10.2 Å². The molecule has 30 heavy (non-hydrogen) atoms. The molecule has 0 fully saturated rings. The summed E-state index contributed by atoms with van der Waals surface area (Å²) in [4.78, 5) is 36.3. The maximum absolute atomic E-state index is 12.3. The number of esters is 1. The summed E-state index contributed by atoms with van der Waals surface area (Å²) in [5.74, 6) is -0.827. The van der Waals surface area contributed by atoms with Crippen LogP contribution in [0.15, 0.2) is 58.4 Å². The lowest BCUT2D eigenvalue weighted by molar-refractivity contribution is 0.0600. The van der Waals surface area contributed by atoms with Crippen LogP contribution in [0, 0.1) is 6.92 Å². The van der Waals surface area contributed by atoms with Crippen molar-refractivity contribution in [2.24, 2.45) is 5.10 Å². The van der Waals surface area contributed by atoms with Crippen molar-refractivity contribution in [3.8, 4) is 0 Å². The lowest BCUT2D eigenvalue weighted by Gasteiger charge is -2.06. The molecule has 7 nitrogen and oxygen atoms in total. The Hall–Kier alpha value is -3.23. The summed E-state index contributed by atoms with van der Waals surface area (Å²) in [6.07, 6.45) is 1.34. The minimum Gasteiger partial charge on any atom is -0.465 e. The molecule has 0 atom stereocenters. The first-order chi connectivity index (χ1) is 14.4. The lowest BCUT2D eigenvalue weighted by Crippen LogP contribution is -2.17. The van der Waals surface area contributed by atoms with Gasteiger partial charge in [0.05, 0.1) is 30.3 Å². The summed E-state index contributed by atoms with van der Waals surface area (Å²) in [6, 6.07) is 13.8. The van der Waals surface area contributed by atoms with Crippen LogP contribution in [0.4, 0.5) is 0 Å². The predicted octanol–water partition coefficient (Wildman–Crippen LogP) is 3.47. The van der Waals surface area contributed by atoms with Gasteiger partial charge >= 0.3 is 10.8 Å². The Bertz CT molecular complexity index is 1170. The minimum atomic E-state index is -0.460. The van der Waals surface area contributed by atoms with E-state index in [0.29, 0.717) is 16.0 Å². The Morgan fingerprint density at radius 1 is 1.20 bits per heavy atom. The number of hydrazone groups is 1. The number of carbonyl (C=O) groups excluding carboxylic acids is 2. The second kappa shape index (κ2) is 9.51. The van der Waals surface area contributed by atoms with Gasteiger partial charge in [0, 0.05) is 5.56 Å². The van der Waals surface area contributed by atoms with Crippen LogP contribution in [0.2, 0.25) is 5.15 Å². The number of thiazole rings is 1. The van der Waals surface area contributed by atoms with Gasteiger partial charge in [-0.1, -0.05) is 52.8 Å². The Morgan fingerprint density at radius 3 is 2.63 bits per heavy atom. The standard InChI is InChI=1S/C21H18ClN3O4S/c1-13-6-8-15(9-7-13)19(26)24-23-11-17-18(22)25(21(28)30-17)12-14-4-3-5-16(10-14)20(27)29-2/h3-11H,12H2,1-2H3,(H,24,26)/b23-11+. The summed E-state index contributed by atoms with van der Waals surface area (Å²) in [5, 5.41) is 4.10. The van der Waals surface area contributed by atoms with Crippen molar-refractivity contribution in [2.75, 3.05) is 7.11 Å². The first-order valence-electron chi connectivity index (χ1n) is 8.85. The van der Waals surface area contributed by atoms with Crippen LogP contribution in [0.5, 0.6) is 0 Å². The molecule has 1 N–H and O–H groups in total. The number of carbonyl (C=O) groups is 2. The van der Waals surface area contributed by atoms with Gasteiger partial charge in [0.1, 0.15) is 5.15 Å². The topological polar surface area (TPSA) is 89.8 Å². The highest BCUT2D eigenvalue weighted by Gasteiger charge is 2.13. The second-order valence-corrected chi connectivity index (χ2v) is 7.72. The summed E-state index contributed by atoms with van der Waals surface area (Å²) in [6.45, 7) is 2.11. The van der Waals surface area contributed by atoms with Crippen molar-refractivity contribution >= 4 is 41.0 Å². The summed E-state index contributed by atoms with van der Waals surface area (Å²) >= 11 is 7.24. The largest absolute Gasteiger partial charge is 0.465 e. The van der Waals surface area contributed by atoms with Crippen LogP contribution in [0.25, 0.3) is 0 Å². The molecule has 0 aliphatic carbocycles. The second-order valence-electron chi connectivity index (χ2n) is 6.37. The highest BCUT2D eigenvalue weighted by molar-refractivity contribution is 7.11. The summed E-state index contributed by atoms with van der Waals surface area (Å²) < 4.78 is 6.08. The monoisotopic (exact) mass is 443 g/mol. The molecule has 9 heteroatoms. The van der Waals surface area contributed by atoms with Crippen molar-refractivity contribution < 1.29 is 14.3 Å². The molecule has 0 spiro atoms. The van der Waals surface area contributed by atoms with Crippen LogP contribution in [-0.4, -0.2) is 29.8 Å². The third kappa shape index (κ3) is 5.03. The Balaban J connectivity index is 1.73. The Morgan fingerprint density at radius 2 is 1.93 bits per heavy atom. The first kappa shape index (κ1) is 21.5. The van der Waals surface area contributed by atoms with Crippen molar-refractivity contribution in [3.05, 3.63) is 90.5 Å². The van der Waals surface area contributed by atoms with E-state index < -0.39 is 5.97 Å². The molecule has 0 aliphatic heterocycles. The van der Waals surface area contributed by atoms with Crippen LogP contribution in [-0.2, 0) is 11.3 Å². The molecule has 0 radical (unpaired) electrons. The van der Waals surface area contributed by atoms with E-state index in [9.17, 15) is 14.4 Å². The molecule has 0 saturated carbocycles. The molecule has 0 bridgehead atoms. The normalized spacial score (nSPS) is 10.9. The zero-order chi connectivity index (χ0) is 21.7. The summed E-state index contributed by atoms with van der Waals surface area (Å²) in [7, 11) is 1.30. The number of amides is 1. The maximum Gasteiger partial charge on any atom is 0.337 e. The van der Waals surface area contributed by atoms with Crippen molar-refractivity contribution in [3.63, 3.8) is 0 Å². The van der Waals surface area contributed by atoms with Crippen LogP contribution < -0.4 is 10.3 Å². The highest BCUT2D eigenvalue weighted by atomic mass is 35.5. The average molecular weight is 444 g/mol. The first-order valence-corrected chi connectivity index (χ1v) is 10.0. The number of nitrogens with zero attached hydrogens (tertiary/aromatic N) is 2. The molecule has 1 heterocycles. The highest BCUT2D eigenvalue weighted by Crippen LogP contribution is 2.19. The zero-order valence-corrected chi connectivity index (χ0v) is 17.8. The van der Waals surface area contributed by atoms with Gasteiger partial charge in [-0.3, -0.25) is 14.2 Å². The number of benzene rings is 2. The number of methoxy groups -OCH3 is 1. The van der Waals surface area contributed by atoms with Crippen LogP contribution in [0.3, 0.4) is 0 Å². The fourth-order valence-electron chi connectivity index (χ4n) is 2.63. The van der Waals surface area contributed by atoms with Gasteiger partial charge in [0.2, 0.25) is 0 Å². The van der Waals surface area contributed by atoms with Gasteiger partial charge in [-0.05, 0) is 36.8 Å². The molecular formula is C21H18ClN3O4S. The third-order valence-corrected chi connectivity index (χ3v) is 5.64. The number of hydrogen-bond donors (Lipinski definition) is 1. The van der Waals surface area contributed by atoms with Crippen LogP contribution >= 0.6 is 22.9 Å². The maximum atomic E-state index is 12.3. The summed E-state index contributed by atoms with van der Waals surface area (Å²) in [5.41, 5.74) is 5.04. The number of ether oxygens (including phenoxy) is 1. The minimum absolute atomic E-state index is 0.183. The lowest BCUT2D eigenvalue weighted by atomic mass is 10.1. The number of halogens is 1. The SMILES string of the molecule is COC(=O)c1cccc(Cn2c(Cl)c(/C=N/NC(=O)c3ccc(C)cc3)sc2=O)c1. The van der Waals surface area contributed by atoms with Gasteiger partial charge in [0.15, 0.2) is 0 Å². The molecule has 0 aliphatic rings. The molecule has 2 aromatic carbocycles. The predicted molar refractivity (Wildman–Crippen MR) is 117 cm³/mol. The van der Waals surface area contributed by atoms with E-state index in [0.717, 1.165) is 22.5 Å². The van der Waals surface area contributed by atoms with Gasteiger partial charge in [0.25, 0.3) is 5.91 Å². The van der Waals surface area contributed by atoms with E-state index in [1.54, 1.807) is 36.4 Å². The molecule has 3 rings (SSSR count). The number of rotatable bonds is 6. The Kier molecular flexibility index (Phi) is 6.81. The Labute approximate surface area is 181 Å². The molecule has 1 amide bonds. The quantitative estimate of drug-likeness (QED) is 0.359. The molecule has 1 aromatic heterocycles. The van der Waals surface area contributed by atoms with Crippen molar-refractivity contribution in [1.29, 1.82) is 0 Å². The van der Waals surface area contributed by atoms with E-state index >= 15 is 0 Å². The van der Waals surface area contributed by atoms with E-state index in [2.05, 4.69) is 10.5 Å². The number of aryl methyl sites for hydroxylation is 1. The third-order valence-electron chi connectivity index (χ3n) is 4.21. The van der Waals surface area contributed by atoms with Crippen molar-refractivity contribution in [2.45, 2.75) is 13.5 Å². The molecule has 3 aromatic rings. The van der Waals surface area contributed by atoms with E-state index in [1.165, 1.54) is 17.9 Å². The van der Waals surface area contributed by atoms with Gasteiger partial charge < -0.3 is 4.74 Å². The number of aromatic nitrogens is 1. The molecule has 0 unspecified atom stereocenters. The van der Waals surface area contributed by atoms with Crippen molar-refractivity contribution in [1.82, 2.24) is 9.99 Å². The molecular weight excluding hydrogens is 426 g/mol. The zero-order valence-electron chi connectivity index (χ0n) is 16.2. The van der Waals surface area contributed by atoms with Gasteiger partial charge in [-0.2, -0.15) is 5.10 Å². The smallest absolute Gasteiger partial charge is 0.337 e. The fraction of sp³-hybridized carbons (Fsp3) is 0.143. The number of nitrogens with one attached hydrogen (secondary N) is 1. The van der Waals surface area contributed by atoms with Crippen LogP contribution in [0.1, 0.15) is 36.7 Å². The number of hydrogen-bond acceptors (Lipinski definition) is 6. The van der Waals surface area contributed by atoms with E-state index in [1.807, 2.05) is 19.1 Å². The van der Waals surface area contributed by atoms with E-state index in [-0.39, 0.29) is 22.5 Å². The molecule has 154 valence electrons. The van der Waals surface area contributed by atoms with E-state index in [4.69, 9.17) is 16.3 Å².